The molecule has 0 aliphatic heterocycles. The summed E-state index contributed by atoms with van der Waals surface area (Å²) in [5.74, 6) is 3.15. The highest BCUT2D eigenvalue weighted by atomic mass is 35.5. The number of carbonyl (C=O) groups is 1. The summed E-state index contributed by atoms with van der Waals surface area (Å²) in [5.41, 5.74) is 0.287. The predicted octanol–water partition coefficient (Wildman–Crippen LogP) is 3.05. The number of amides is 1. The van der Waals surface area contributed by atoms with E-state index in [-0.39, 0.29) is 31.3 Å². The smallest absolute Gasteiger partial charge is 0.335 e. The molecule has 0 saturated heterocycles. The van der Waals surface area contributed by atoms with E-state index in [1.54, 1.807) is 12.1 Å². The molecule has 0 atom stereocenters. The summed E-state index contributed by atoms with van der Waals surface area (Å²) in [7, 11) is 0. The minimum atomic E-state index is -4.73. The van der Waals surface area contributed by atoms with Crippen LogP contribution in [0.3, 0.4) is 0 Å². The van der Waals surface area contributed by atoms with Crippen LogP contribution in [0.1, 0.15) is 5.82 Å². The van der Waals surface area contributed by atoms with Gasteiger partial charge < -0.3 is 11.2 Å². The number of aromatic nitrogens is 3. The fourth-order valence-corrected chi connectivity index (χ4v) is 2.49. The number of nitrogens with one attached hydrogen (secondary N) is 1. The van der Waals surface area contributed by atoms with E-state index in [1.165, 1.54) is 6.07 Å². The van der Waals surface area contributed by atoms with Crippen molar-refractivity contribution in [1.82, 2.24) is 14.9 Å². The summed E-state index contributed by atoms with van der Waals surface area (Å²) in [6.07, 6.45) is -4.73. The Morgan fingerprint density at radius 1 is 1.35 bits per heavy atom. The number of nitrogens with two attached hydrogens (primary N) is 1. The zero-order valence-corrected chi connectivity index (χ0v) is 13.4. The molecule has 0 aliphatic rings. The molecule has 2 rings (SSSR count). The summed E-state index contributed by atoms with van der Waals surface area (Å²) in [6.45, 7) is 0. The second-order valence-corrected chi connectivity index (χ2v) is 5.84. The number of halogens is 5. The number of anilines is 1. The van der Waals surface area contributed by atoms with Crippen molar-refractivity contribution in [3.8, 4) is 0 Å². The molecule has 0 bridgehead atoms. The Bertz CT molecular complexity index is 737. The molecule has 0 unspecified atom stereocenters. The van der Waals surface area contributed by atoms with Crippen LogP contribution >= 0.6 is 35.0 Å². The average molecular weight is 386 g/mol. The largest absolute Gasteiger partial charge is 0.453 e. The molecule has 1 aromatic carbocycles. The molecule has 1 amide bonds. The highest BCUT2D eigenvalue weighted by Gasteiger charge is 2.38. The maximum atomic E-state index is 12.5. The Kier molecular flexibility index (Phi) is 5.27. The number of nitrogens with zero attached hydrogens (tertiary/aromatic N) is 3. The molecule has 2 aromatic rings. The third-order valence-electron chi connectivity index (χ3n) is 2.48. The maximum absolute atomic E-state index is 12.5. The van der Waals surface area contributed by atoms with E-state index in [2.05, 4.69) is 15.5 Å². The minimum Gasteiger partial charge on any atom is -0.335 e. The van der Waals surface area contributed by atoms with Gasteiger partial charge in [-0.2, -0.15) is 13.2 Å². The van der Waals surface area contributed by atoms with Gasteiger partial charge in [0.1, 0.15) is 0 Å². The van der Waals surface area contributed by atoms with Gasteiger partial charge in [0.2, 0.25) is 11.1 Å². The highest BCUT2D eigenvalue weighted by molar-refractivity contribution is 7.99. The first-order chi connectivity index (χ1) is 10.7. The molecule has 6 nitrogen and oxygen atoms in total. The lowest BCUT2D eigenvalue weighted by molar-refractivity contribution is -0.146. The second kappa shape index (κ2) is 6.85. The SMILES string of the molecule is Nn1c(SCC(=O)Nc2cccc(Cl)c2Cl)nnc1C(F)(F)F. The molecular weight excluding hydrogens is 378 g/mol. The topological polar surface area (TPSA) is 85.8 Å². The number of rotatable bonds is 4. The van der Waals surface area contributed by atoms with Crippen molar-refractivity contribution in [1.29, 1.82) is 0 Å². The summed E-state index contributed by atoms with van der Waals surface area (Å²) < 4.78 is 37.8. The number of benzene rings is 1. The predicted molar refractivity (Wildman–Crippen MR) is 81.0 cm³/mol. The monoisotopic (exact) mass is 385 g/mol. The van der Waals surface area contributed by atoms with Crippen LogP contribution in [0.2, 0.25) is 10.0 Å². The molecule has 1 aromatic heterocycles. The number of hydrogen-bond acceptors (Lipinski definition) is 5. The van der Waals surface area contributed by atoms with Crippen LogP contribution in [0.15, 0.2) is 23.4 Å². The van der Waals surface area contributed by atoms with Crippen molar-refractivity contribution in [2.24, 2.45) is 0 Å². The number of thioether (sulfide) groups is 1. The van der Waals surface area contributed by atoms with Gasteiger partial charge in [-0.05, 0) is 12.1 Å². The lowest BCUT2D eigenvalue weighted by Crippen LogP contribution is -2.22. The van der Waals surface area contributed by atoms with E-state index in [9.17, 15) is 18.0 Å². The Hall–Kier alpha value is -1.65. The first-order valence-corrected chi connectivity index (χ1v) is 7.58. The van der Waals surface area contributed by atoms with Crippen molar-refractivity contribution in [2.45, 2.75) is 11.3 Å². The highest BCUT2D eigenvalue weighted by Crippen LogP contribution is 2.30. The summed E-state index contributed by atoms with van der Waals surface area (Å²) >= 11 is 12.4. The van der Waals surface area contributed by atoms with Gasteiger partial charge in [-0.1, -0.05) is 41.0 Å². The van der Waals surface area contributed by atoms with E-state index in [0.717, 1.165) is 0 Å². The van der Waals surface area contributed by atoms with Crippen LogP contribution in [0.5, 0.6) is 0 Å². The van der Waals surface area contributed by atoms with E-state index in [0.29, 0.717) is 11.8 Å². The Morgan fingerprint density at radius 3 is 2.65 bits per heavy atom. The van der Waals surface area contributed by atoms with Crippen LogP contribution in [-0.4, -0.2) is 26.5 Å². The molecule has 1 heterocycles. The summed E-state index contributed by atoms with van der Waals surface area (Å²) in [6, 6.07) is 4.66. The molecule has 0 fully saturated rings. The van der Waals surface area contributed by atoms with Crippen LogP contribution in [0.25, 0.3) is 0 Å². The molecule has 12 heteroatoms. The number of alkyl halides is 3. The fourth-order valence-electron chi connectivity index (χ4n) is 1.49. The first kappa shape index (κ1) is 17.7. The van der Waals surface area contributed by atoms with Crippen LogP contribution in [-0.2, 0) is 11.0 Å². The average Bonchev–Trinajstić information content (AvgIpc) is 2.83. The van der Waals surface area contributed by atoms with Crippen molar-refractivity contribution in [3.63, 3.8) is 0 Å². The van der Waals surface area contributed by atoms with Gasteiger partial charge in [-0.15, -0.1) is 10.2 Å². The van der Waals surface area contributed by atoms with Crippen molar-refractivity contribution >= 4 is 46.6 Å². The van der Waals surface area contributed by atoms with Gasteiger partial charge in [0, 0.05) is 0 Å². The summed E-state index contributed by atoms with van der Waals surface area (Å²) in [4.78, 5) is 11.8. The Morgan fingerprint density at radius 2 is 2.04 bits per heavy atom. The molecule has 3 N–H and O–H groups in total. The van der Waals surface area contributed by atoms with Gasteiger partial charge >= 0.3 is 6.18 Å². The number of carbonyl (C=O) groups excluding carboxylic acids is 1. The van der Waals surface area contributed by atoms with Gasteiger partial charge in [-0.3, -0.25) is 4.79 Å². The molecular formula is C11H8Cl2F3N5OS. The Labute approximate surface area is 142 Å². The third kappa shape index (κ3) is 4.21. The van der Waals surface area contributed by atoms with E-state index < -0.39 is 17.9 Å². The van der Waals surface area contributed by atoms with Crippen LogP contribution in [0.4, 0.5) is 18.9 Å². The summed E-state index contributed by atoms with van der Waals surface area (Å²) in [5, 5.41) is 8.90. The van der Waals surface area contributed by atoms with Crippen molar-refractivity contribution in [3.05, 3.63) is 34.1 Å². The van der Waals surface area contributed by atoms with Crippen LogP contribution < -0.4 is 11.2 Å². The van der Waals surface area contributed by atoms with Gasteiger partial charge in [0.15, 0.2) is 0 Å². The van der Waals surface area contributed by atoms with E-state index in [4.69, 9.17) is 29.0 Å². The zero-order valence-electron chi connectivity index (χ0n) is 11.1. The second-order valence-electron chi connectivity index (χ2n) is 4.11. The number of nitrogen functional groups attached to an aromatic ring is 1. The minimum absolute atomic E-state index is 0.161. The van der Waals surface area contributed by atoms with Crippen LogP contribution in [0, 0.1) is 0 Å². The molecule has 0 spiro atoms. The zero-order chi connectivity index (χ0) is 17.2. The lowest BCUT2D eigenvalue weighted by atomic mass is 10.3. The fraction of sp³-hybridized carbons (Fsp3) is 0.182. The quantitative estimate of drug-likeness (QED) is 0.623. The van der Waals surface area contributed by atoms with E-state index in [1.807, 2.05) is 0 Å². The normalized spacial score (nSPS) is 11.5. The first-order valence-electron chi connectivity index (χ1n) is 5.84. The maximum Gasteiger partial charge on any atom is 0.453 e. The van der Waals surface area contributed by atoms with Crippen molar-refractivity contribution < 1.29 is 18.0 Å². The third-order valence-corrected chi connectivity index (χ3v) is 4.24. The molecule has 23 heavy (non-hydrogen) atoms. The molecule has 0 aliphatic carbocycles. The van der Waals surface area contributed by atoms with E-state index >= 15 is 0 Å². The lowest BCUT2D eigenvalue weighted by Gasteiger charge is -2.08. The van der Waals surface area contributed by atoms with Crippen molar-refractivity contribution in [2.75, 3.05) is 16.9 Å². The number of hydrogen-bond donors (Lipinski definition) is 2. The molecule has 124 valence electrons. The van der Waals surface area contributed by atoms with Gasteiger partial charge in [-0.25, -0.2) is 4.68 Å². The Balaban J connectivity index is 2.00. The molecule has 0 saturated carbocycles. The van der Waals surface area contributed by atoms with Gasteiger partial charge in [0.05, 0.1) is 21.5 Å². The van der Waals surface area contributed by atoms with Gasteiger partial charge in [0.25, 0.3) is 5.82 Å². The standard InChI is InChI=1S/C11H8Cl2F3N5OS/c12-5-2-1-3-6(8(5)13)18-7(22)4-23-10-20-19-9(21(10)17)11(14,15)16/h1-3H,4,17H2,(H,18,22). The molecule has 0 radical (unpaired) electrons.